The highest BCUT2D eigenvalue weighted by atomic mass is 16.2. The van der Waals surface area contributed by atoms with E-state index in [9.17, 15) is 14.4 Å². The molecule has 4 rings (SSSR count). The molecule has 0 atom stereocenters. The smallest absolute Gasteiger partial charge is 0.330 e. The SMILES string of the molecule is CCN(C(=O)c1cc(C(C)C)nc2c1cnn2C(C)C)c1c(N)n(Cc2ccccc2)c(=O)[nH]c1=O. The summed E-state index contributed by atoms with van der Waals surface area (Å²) in [5, 5.41) is 5.04. The topological polar surface area (TPSA) is 132 Å². The summed E-state index contributed by atoms with van der Waals surface area (Å²) in [5.74, 6) is -0.430. The van der Waals surface area contributed by atoms with Crippen molar-refractivity contribution in [3.63, 3.8) is 0 Å². The van der Waals surface area contributed by atoms with E-state index in [0.29, 0.717) is 16.6 Å². The first-order valence-corrected chi connectivity index (χ1v) is 12.0. The first kappa shape index (κ1) is 24.9. The van der Waals surface area contributed by atoms with Crippen LogP contribution in [0.1, 0.15) is 68.2 Å². The number of aromatic amines is 1. The van der Waals surface area contributed by atoms with Crippen molar-refractivity contribution >= 4 is 28.4 Å². The van der Waals surface area contributed by atoms with E-state index in [1.165, 1.54) is 9.47 Å². The van der Waals surface area contributed by atoms with Crippen LogP contribution in [0.15, 0.2) is 52.2 Å². The minimum atomic E-state index is -0.718. The van der Waals surface area contributed by atoms with E-state index in [1.54, 1.807) is 23.9 Å². The van der Waals surface area contributed by atoms with Gasteiger partial charge in [-0.15, -0.1) is 0 Å². The summed E-state index contributed by atoms with van der Waals surface area (Å²) in [5.41, 5.74) is 7.50. The number of aromatic nitrogens is 5. The fourth-order valence-electron chi connectivity index (χ4n) is 4.20. The van der Waals surface area contributed by atoms with E-state index < -0.39 is 17.2 Å². The number of hydrogen-bond donors (Lipinski definition) is 2. The number of amides is 1. The van der Waals surface area contributed by atoms with Crippen LogP contribution in [0.5, 0.6) is 0 Å². The van der Waals surface area contributed by atoms with E-state index in [2.05, 4.69) is 10.1 Å². The molecule has 0 saturated heterocycles. The van der Waals surface area contributed by atoms with Crippen molar-refractivity contribution < 1.29 is 4.79 Å². The third-order valence-electron chi connectivity index (χ3n) is 6.13. The predicted octanol–water partition coefficient (Wildman–Crippen LogP) is 3.28. The second-order valence-electron chi connectivity index (χ2n) is 9.28. The lowest BCUT2D eigenvalue weighted by Crippen LogP contribution is -2.41. The molecule has 0 aliphatic rings. The number of carbonyl (C=O) groups is 1. The summed E-state index contributed by atoms with van der Waals surface area (Å²) in [7, 11) is 0. The molecule has 0 aliphatic heterocycles. The van der Waals surface area contributed by atoms with E-state index in [0.717, 1.165) is 11.3 Å². The van der Waals surface area contributed by atoms with Crippen LogP contribution in [0.25, 0.3) is 11.0 Å². The van der Waals surface area contributed by atoms with Crippen molar-refractivity contribution in [1.82, 2.24) is 24.3 Å². The molecule has 1 amide bonds. The Morgan fingerprint density at radius 1 is 1.14 bits per heavy atom. The van der Waals surface area contributed by atoms with Crippen LogP contribution >= 0.6 is 0 Å². The number of carbonyl (C=O) groups excluding carboxylic acids is 1. The first-order chi connectivity index (χ1) is 17.1. The molecule has 0 saturated carbocycles. The third-order valence-corrected chi connectivity index (χ3v) is 6.13. The summed E-state index contributed by atoms with van der Waals surface area (Å²) in [6, 6.07) is 11.1. The third kappa shape index (κ3) is 4.41. The van der Waals surface area contributed by atoms with Gasteiger partial charge in [-0.05, 0) is 38.3 Å². The molecule has 10 heteroatoms. The fraction of sp³-hybridized carbons (Fsp3) is 0.346. The maximum absolute atomic E-state index is 14.0. The number of benzene rings is 1. The summed E-state index contributed by atoms with van der Waals surface area (Å²) >= 11 is 0. The molecule has 0 unspecified atom stereocenters. The van der Waals surface area contributed by atoms with Crippen molar-refractivity contribution in [3.8, 4) is 0 Å². The molecule has 10 nitrogen and oxygen atoms in total. The van der Waals surface area contributed by atoms with Gasteiger partial charge in [0.2, 0.25) is 0 Å². The number of hydrogen-bond acceptors (Lipinski definition) is 6. The van der Waals surface area contributed by atoms with Crippen LogP contribution in [0.4, 0.5) is 11.5 Å². The Kier molecular flexibility index (Phi) is 6.78. The zero-order valence-corrected chi connectivity index (χ0v) is 21.1. The molecule has 0 radical (unpaired) electrons. The average molecular weight is 490 g/mol. The van der Waals surface area contributed by atoms with Crippen LogP contribution in [0.3, 0.4) is 0 Å². The van der Waals surface area contributed by atoms with Gasteiger partial charge in [0.05, 0.1) is 23.7 Å². The van der Waals surface area contributed by atoms with Crippen molar-refractivity contribution in [2.75, 3.05) is 17.2 Å². The minimum absolute atomic E-state index is 0.0441. The Hall–Kier alpha value is -4.21. The Balaban J connectivity index is 1.88. The van der Waals surface area contributed by atoms with Gasteiger partial charge >= 0.3 is 5.69 Å². The van der Waals surface area contributed by atoms with Crippen LogP contribution in [-0.4, -0.2) is 36.8 Å². The summed E-state index contributed by atoms with van der Waals surface area (Å²) in [6.45, 7) is 10.0. The van der Waals surface area contributed by atoms with Gasteiger partial charge in [-0.3, -0.25) is 19.1 Å². The number of nitrogens with two attached hydrogens (primary N) is 1. The maximum atomic E-state index is 14.0. The number of nitrogens with zero attached hydrogens (tertiary/aromatic N) is 5. The molecular formula is C26H31N7O3. The van der Waals surface area contributed by atoms with Gasteiger partial charge in [0.25, 0.3) is 11.5 Å². The highest BCUT2D eigenvalue weighted by Crippen LogP contribution is 2.27. The molecule has 0 aliphatic carbocycles. The van der Waals surface area contributed by atoms with Crippen LogP contribution in [0, 0.1) is 0 Å². The van der Waals surface area contributed by atoms with Crippen LogP contribution in [0.2, 0.25) is 0 Å². The maximum Gasteiger partial charge on any atom is 0.330 e. The predicted molar refractivity (Wildman–Crippen MR) is 141 cm³/mol. The van der Waals surface area contributed by atoms with Crippen molar-refractivity contribution in [2.45, 2.75) is 53.1 Å². The molecule has 188 valence electrons. The quantitative estimate of drug-likeness (QED) is 0.409. The lowest BCUT2D eigenvalue weighted by atomic mass is 10.0. The molecule has 1 aromatic carbocycles. The first-order valence-electron chi connectivity index (χ1n) is 12.0. The van der Waals surface area contributed by atoms with Gasteiger partial charge in [0.1, 0.15) is 5.82 Å². The number of nitrogen functional groups attached to an aromatic ring is 1. The Bertz CT molecular complexity index is 1530. The monoisotopic (exact) mass is 489 g/mol. The second-order valence-corrected chi connectivity index (χ2v) is 9.28. The molecule has 36 heavy (non-hydrogen) atoms. The summed E-state index contributed by atoms with van der Waals surface area (Å²) in [4.78, 5) is 48.0. The van der Waals surface area contributed by atoms with Gasteiger partial charge in [-0.2, -0.15) is 5.10 Å². The molecule has 0 spiro atoms. The number of pyridine rings is 1. The molecule has 0 fully saturated rings. The minimum Gasteiger partial charge on any atom is -0.383 e. The zero-order chi connectivity index (χ0) is 26.1. The van der Waals surface area contributed by atoms with Crippen molar-refractivity contribution in [1.29, 1.82) is 0 Å². The van der Waals surface area contributed by atoms with Crippen LogP contribution in [-0.2, 0) is 6.54 Å². The van der Waals surface area contributed by atoms with E-state index in [-0.39, 0.29) is 36.6 Å². The van der Waals surface area contributed by atoms with Crippen LogP contribution < -0.4 is 21.9 Å². The van der Waals surface area contributed by atoms with Crippen molar-refractivity contribution in [3.05, 3.63) is 80.3 Å². The van der Waals surface area contributed by atoms with Gasteiger partial charge in [0, 0.05) is 18.3 Å². The molecule has 3 aromatic heterocycles. The van der Waals surface area contributed by atoms with Gasteiger partial charge in [0.15, 0.2) is 11.3 Å². The van der Waals surface area contributed by atoms with Gasteiger partial charge in [-0.25, -0.2) is 14.5 Å². The lowest BCUT2D eigenvalue weighted by molar-refractivity contribution is 0.0989. The Labute approximate surface area is 208 Å². The number of fused-ring (bicyclic) bond motifs is 1. The summed E-state index contributed by atoms with van der Waals surface area (Å²) in [6.07, 6.45) is 1.62. The van der Waals surface area contributed by atoms with E-state index in [4.69, 9.17) is 10.7 Å². The number of H-pyrrole nitrogens is 1. The largest absolute Gasteiger partial charge is 0.383 e. The Morgan fingerprint density at radius 3 is 2.44 bits per heavy atom. The highest BCUT2D eigenvalue weighted by molar-refractivity contribution is 6.14. The van der Waals surface area contributed by atoms with Gasteiger partial charge in [-0.1, -0.05) is 44.2 Å². The molecular weight excluding hydrogens is 458 g/mol. The average Bonchev–Trinajstić information content (AvgIpc) is 3.28. The normalized spacial score (nSPS) is 11.5. The standard InChI is InChI=1S/C26H31N7O3/c1-6-31(21-22(27)32(26(36)30-24(21)34)14-17-10-8-7-9-11-17)25(35)18-12-20(15(2)3)29-23-19(18)13-28-33(23)16(4)5/h7-13,15-16H,6,14,27H2,1-5H3,(H,30,34,36). The number of rotatable bonds is 7. The molecule has 3 N–H and O–H groups in total. The number of anilines is 2. The lowest BCUT2D eigenvalue weighted by Gasteiger charge is -2.24. The number of nitrogens with one attached hydrogen (secondary N) is 1. The summed E-state index contributed by atoms with van der Waals surface area (Å²) < 4.78 is 3.04. The zero-order valence-electron chi connectivity index (χ0n) is 21.1. The fourth-order valence-corrected chi connectivity index (χ4v) is 4.20. The van der Waals surface area contributed by atoms with Gasteiger partial charge < -0.3 is 10.6 Å². The van der Waals surface area contributed by atoms with Crippen molar-refractivity contribution in [2.24, 2.45) is 0 Å². The van der Waals surface area contributed by atoms with E-state index in [1.807, 2.05) is 58.0 Å². The Morgan fingerprint density at radius 2 is 1.83 bits per heavy atom. The molecule has 4 aromatic rings. The second kappa shape index (κ2) is 9.80. The van der Waals surface area contributed by atoms with E-state index >= 15 is 0 Å². The highest BCUT2D eigenvalue weighted by Gasteiger charge is 2.27. The molecule has 3 heterocycles. The molecule has 0 bridgehead atoms.